The second-order valence-corrected chi connectivity index (χ2v) is 5.81. The summed E-state index contributed by atoms with van der Waals surface area (Å²) in [7, 11) is 0. The van der Waals surface area contributed by atoms with Gasteiger partial charge in [-0.25, -0.2) is 4.98 Å². The summed E-state index contributed by atoms with van der Waals surface area (Å²) in [4.78, 5) is 15.4. The molecule has 3 rings (SSSR count). The highest BCUT2D eigenvalue weighted by Crippen LogP contribution is 2.27. The Morgan fingerprint density at radius 2 is 2.14 bits per heavy atom. The predicted molar refractivity (Wildman–Crippen MR) is 80.8 cm³/mol. The number of aromatic nitrogens is 2. The highest BCUT2D eigenvalue weighted by molar-refractivity contribution is 6.30. The highest BCUT2D eigenvalue weighted by atomic mass is 35.5. The SMILES string of the molecule is Cc1nc2c(n1Cc1cc(Cl)ccc1[N+](=O)[O-])CCCC2. The molecule has 1 aromatic heterocycles. The van der Waals surface area contributed by atoms with E-state index in [9.17, 15) is 10.1 Å². The molecule has 2 aromatic rings. The van der Waals surface area contributed by atoms with Gasteiger partial charge in [-0.1, -0.05) is 11.6 Å². The van der Waals surface area contributed by atoms with Crippen LogP contribution in [0, 0.1) is 17.0 Å². The summed E-state index contributed by atoms with van der Waals surface area (Å²) in [5, 5.41) is 11.7. The molecule has 0 N–H and O–H groups in total. The van der Waals surface area contributed by atoms with Gasteiger partial charge in [-0.2, -0.15) is 0 Å². The number of hydrogen-bond donors (Lipinski definition) is 0. The van der Waals surface area contributed by atoms with Crippen LogP contribution in [0.1, 0.15) is 35.6 Å². The van der Waals surface area contributed by atoms with Crippen molar-refractivity contribution in [2.45, 2.75) is 39.2 Å². The van der Waals surface area contributed by atoms with Gasteiger partial charge in [0.15, 0.2) is 0 Å². The molecule has 0 fully saturated rings. The quantitative estimate of drug-likeness (QED) is 0.642. The van der Waals surface area contributed by atoms with Crippen LogP contribution in [0.3, 0.4) is 0 Å². The van der Waals surface area contributed by atoms with Crippen molar-refractivity contribution in [2.24, 2.45) is 0 Å². The molecule has 0 bridgehead atoms. The van der Waals surface area contributed by atoms with E-state index in [4.69, 9.17) is 11.6 Å². The van der Waals surface area contributed by atoms with E-state index in [0.29, 0.717) is 17.1 Å². The van der Waals surface area contributed by atoms with Gasteiger partial charge < -0.3 is 4.57 Å². The number of fused-ring (bicyclic) bond motifs is 1. The fourth-order valence-electron chi connectivity index (χ4n) is 2.97. The molecule has 1 heterocycles. The van der Waals surface area contributed by atoms with Crippen molar-refractivity contribution in [3.63, 3.8) is 0 Å². The Bertz CT molecular complexity index is 709. The normalized spacial score (nSPS) is 14.0. The zero-order valence-electron chi connectivity index (χ0n) is 11.8. The average Bonchev–Trinajstić information content (AvgIpc) is 2.75. The van der Waals surface area contributed by atoms with Crippen LogP contribution in [0.2, 0.25) is 5.02 Å². The third kappa shape index (κ3) is 2.65. The fraction of sp³-hybridized carbons (Fsp3) is 0.400. The van der Waals surface area contributed by atoms with Gasteiger partial charge in [-0.05, 0) is 44.7 Å². The first-order valence-electron chi connectivity index (χ1n) is 7.04. The molecule has 5 nitrogen and oxygen atoms in total. The number of nitrogens with zero attached hydrogens (tertiary/aromatic N) is 3. The Hall–Kier alpha value is -1.88. The lowest BCUT2D eigenvalue weighted by Crippen LogP contribution is -2.11. The lowest BCUT2D eigenvalue weighted by atomic mass is 10.0. The first kappa shape index (κ1) is 14.1. The van der Waals surface area contributed by atoms with Crippen LogP contribution in [-0.4, -0.2) is 14.5 Å². The molecule has 0 unspecified atom stereocenters. The monoisotopic (exact) mass is 305 g/mol. The second-order valence-electron chi connectivity index (χ2n) is 5.38. The molecule has 0 spiro atoms. The van der Waals surface area contributed by atoms with Gasteiger partial charge in [0, 0.05) is 16.8 Å². The molecule has 0 saturated carbocycles. The zero-order valence-corrected chi connectivity index (χ0v) is 12.6. The minimum absolute atomic E-state index is 0.108. The van der Waals surface area contributed by atoms with Crippen molar-refractivity contribution < 1.29 is 4.92 Å². The lowest BCUT2D eigenvalue weighted by molar-refractivity contribution is -0.385. The van der Waals surface area contributed by atoms with Gasteiger partial charge in [-0.3, -0.25) is 10.1 Å². The van der Waals surface area contributed by atoms with Crippen LogP contribution in [0.15, 0.2) is 18.2 Å². The summed E-state index contributed by atoms with van der Waals surface area (Å²) >= 11 is 6.00. The number of halogens is 1. The van der Waals surface area contributed by atoms with Gasteiger partial charge in [0.1, 0.15) is 5.82 Å². The van der Waals surface area contributed by atoms with Crippen molar-refractivity contribution in [1.82, 2.24) is 9.55 Å². The van der Waals surface area contributed by atoms with Crippen LogP contribution in [0.5, 0.6) is 0 Å². The molecule has 0 radical (unpaired) electrons. The molecule has 1 aromatic carbocycles. The van der Waals surface area contributed by atoms with E-state index in [1.807, 2.05) is 6.92 Å². The minimum Gasteiger partial charge on any atom is -0.327 e. The van der Waals surface area contributed by atoms with E-state index < -0.39 is 0 Å². The third-order valence-electron chi connectivity index (χ3n) is 3.99. The maximum Gasteiger partial charge on any atom is 0.274 e. The Labute approximate surface area is 127 Å². The topological polar surface area (TPSA) is 61.0 Å². The second kappa shape index (κ2) is 5.48. The fourth-order valence-corrected chi connectivity index (χ4v) is 3.17. The first-order valence-corrected chi connectivity index (χ1v) is 7.42. The molecule has 1 aliphatic carbocycles. The standard InChI is InChI=1S/C15H16ClN3O2/c1-10-17-13-4-2-3-5-15(13)18(10)9-11-8-12(16)6-7-14(11)19(20)21/h6-8H,2-5,9H2,1H3. The van der Waals surface area contributed by atoms with Crippen molar-refractivity contribution in [1.29, 1.82) is 0 Å². The summed E-state index contributed by atoms with van der Waals surface area (Å²) < 4.78 is 2.09. The van der Waals surface area contributed by atoms with E-state index in [-0.39, 0.29) is 10.6 Å². The average molecular weight is 306 g/mol. The molecule has 0 atom stereocenters. The van der Waals surface area contributed by atoms with Crippen molar-refractivity contribution in [3.8, 4) is 0 Å². The number of aryl methyl sites for hydroxylation is 2. The molecule has 0 amide bonds. The van der Waals surface area contributed by atoms with Crippen LogP contribution in [-0.2, 0) is 19.4 Å². The van der Waals surface area contributed by atoms with Gasteiger partial charge in [0.25, 0.3) is 5.69 Å². The van der Waals surface area contributed by atoms with Gasteiger partial charge in [-0.15, -0.1) is 0 Å². The minimum atomic E-state index is -0.357. The van der Waals surface area contributed by atoms with Gasteiger partial charge in [0.05, 0.1) is 22.7 Å². The van der Waals surface area contributed by atoms with Crippen LogP contribution in [0.4, 0.5) is 5.69 Å². The van der Waals surface area contributed by atoms with Crippen molar-refractivity contribution >= 4 is 17.3 Å². The number of imidazole rings is 1. The number of hydrogen-bond acceptors (Lipinski definition) is 3. The molecule has 21 heavy (non-hydrogen) atoms. The number of rotatable bonds is 3. The number of nitro groups is 1. The molecule has 6 heteroatoms. The Kier molecular flexibility index (Phi) is 3.68. The van der Waals surface area contributed by atoms with Crippen LogP contribution in [0.25, 0.3) is 0 Å². The smallest absolute Gasteiger partial charge is 0.274 e. The van der Waals surface area contributed by atoms with Gasteiger partial charge in [0.2, 0.25) is 0 Å². The van der Waals surface area contributed by atoms with Crippen molar-refractivity contribution in [2.75, 3.05) is 0 Å². The molecule has 0 aliphatic heterocycles. The maximum absolute atomic E-state index is 11.2. The summed E-state index contributed by atoms with van der Waals surface area (Å²) in [5.41, 5.74) is 3.09. The summed E-state index contributed by atoms with van der Waals surface area (Å²) in [5.74, 6) is 0.913. The molecular formula is C15H16ClN3O2. The molecular weight excluding hydrogens is 290 g/mol. The largest absolute Gasteiger partial charge is 0.327 e. The summed E-state index contributed by atoms with van der Waals surface area (Å²) in [6.07, 6.45) is 4.31. The van der Waals surface area contributed by atoms with E-state index in [2.05, 4.69) is 9.55 Å². The lowest BCUT2D eigenvalue weighted by Gasteiger charge is -2.15. The Morgan fingerprint density at radius 1 is 1.38 bits per heavy atom. The van der Waals surface area contributed by atoms with E-state index in [0.717, 1.165) is 30.8 Å². The molecule has 1 aliphatic rings. The molecule has 0 saturated heterocycles. The van der Waals surface area contributed by atoms with Crippen LogP contribution >= 0.6 is 11.6 Å². The Morgan fingerprint density at radius 3 is 2.90 bits per heavy atom. The van der Waals surface area contributed by atoms with E-state index >= 15 is 0 Å². The summed E-state index contributed by atoms with van der Waals surface area (Å²) in [6.45, 7) is 2.40. The summed E-state index contributed by atoms with van der Waals surface area (Å²) in [6, 6.07) is 4.70. The molecule has 110 valence electrons. The maximum atomic E-state index is 11.2. The van der Waals surface area contributed by atoms with Crippen molar-refractivity contribution in [3.05, 3.63) is 56.1 Å². The zero-order chi connectivity index (χ0) is 15.0. The highest BCUT2D eigenvalue weighted by Gasteiger charge is 2.21. The Balaban J connectivity index is 2.03. The first-order chi connectivity index (χ1) is 10.1. The van der Waals surface area contributed by atoms with Crippen LogP contribution < -0.4 is 0 Å². The predicted octanol–water partition coefficient (Wildman–Crippen LogP) is 3.68. The van der Waals surface area contributed by atoms with Gasteiger partial charge >= 0.3 is 0 Å². The van der Waals surface area contributed by atoms with E-state index in [1.54, 1.807) is 12.1 Å². The van der Waals surface area contributed by atoms with E-state index in [1.165, 1.54) is 18.2 Å². The third-order valence-corrected chi connectivity index (χ3v) is 4.23. The number of nitro benzene ring substituents is 1. The number of benzene rings is 1.